The first-order valence-corrected chi connectivity index (χ1v) is 11.1. The first-order chi connectivity index (χ1) is 14.5. The van der Waals surface area contributed by atoms with Crippen LogP contribution in [0.2, 0.25) is 0 Å². The average Bonchev–Trinajstić information content (AvgIpc) is 2.67. The highest BCUT2D eigenvalue weighted by Crippen LogP contribution is 2.35. The van der Waals surface area contributed by atoms with E-state index < -0.39 is 10.5 Å². The van der Waals surface area contributed by atoms with Crippen molar-refractivity contribution in [2.24, 2.45) is 11.0 Å². The molecule has 0 fully saturated rings. The Labute approximate surface area is 190 Å². The summed E-state index contributed by atoms with van der Waals surface area (Å²) in [5, 5.41) is 29.6. The summed E-state index contributed by atoms with van der Waals surface area (Å²) in [4.78, 5) is 10.6. The van der Waals surface area contributed by atoms with Crippen LogP contribution >= 0.6 is 12.2 Å². The maximum atomic E-state index is 11.1. The second-order valence-corrected chi connectivity index (χ2v) is 9.66. The van der Waals surface area contributed by atoms with Crippen molar-refractivity contribution >= 4 is 29.2 Å². The molecule has 8 heteroatoms. The van der Waals surface area contributed by atoms with Gasteiger partial charge in [-0.15, -0.1) is 0 Å². The van der Waals surface area contributed by atoms with Gasteiger partial charge in [0.25, 0.3) is 5.69 Å². The zero-order valence-corrected chi connectivity index (χ0v) is 19.7. The van der Waals surface area contributed by atoms with Crippen LogP contribution in [-0.2, 0) is 0 Å². The van der Waals surface area contributed by atoms with Crippen molar-refractivity contribution in [3.8, 4) is 0 Å². The van der Waals surface area contributed by atoms with Gasteiger partial charge in [-0.1, -0.05) is 23.8 Å². The number of rotatable bonds is 9. The third-order valence-corrected chi connectivity index (χ3v) is 6.15. The normalized spacial score (nSPS) is 18.9. The Balaban J connectivity index is 1.80. The van der Waals surface area contributed by atoms with Crippen molar-refractivity contribution in [3.63, 3.8) is 0 Å². The lowest BCUT2D eigenvalue weighted by atomic mass is 9.76. The minimum Gasteiger partial charge on any atom is -0.390 e. The summed E-state index contributed by atoms with van der Waals surface area (Å²) >= 11 is 5.31. The van der Waals surface area contributed by atoms with Crippen molar-refractivity contribution in [2.45, 2.75) is 77.4 Å². The van der Waals surface area contributed by atoms with Crippen LogP contribution in [0, 0.1) is 16.0 Å². The Bertz CT molecular complexity index is 849. The smallest absolute Gasteiger partial charge is 0.278 e. The molecule has 1 aliphatic carbocycles. The fourth-order valence-electron chi connectivity index (χ4n) is 3.94. The quantitative estimate of drug-likeness (QED) is 0.165. The summed E-state index contributed by atoms with van der Waals surface area (Å²) in [6.45, 7) is 8.21. The number of allylic oxidation sites excluding steroid dienone is 2. The lowest BCUT2D eigenvalue weighted by Crippen LogP contribution is -2.47. The highest BCUT2D eigenvalue weighted by Gasteiger charge is 2.32. The third-order valence-electron chi connectivity index (χ3n) is 5.96. The molecule has 170 valence electrons. The molecule has 1 aromatic carbocycles. The molecule has 0 unspecified atom stereocenters. The number of thiocarbonyl (C=S) groups is 1. The van der Waals surface area contributed by atoms with Crippen LogP contribution in [0.15, 0.2) is 41.0 Å². The van der Waals surface area contributed by atoms with Crippen LogP contribution in [0.3, 0.4) is 0 Å². The SMILES string of the molecule is CC1=CC[C@@H]([C@@](C)(O)CCCC(C)(C)NC(=S)N/N=C\c2ccccc2[N+](=O)[O-])CC1. The molecule has 31 heavy (non-hydrogen) atoms. The maximum absolute atomic E-state index is 11.1. The molecule has 0 aliphatic heterocycles. The summed E-state index contributed by atoms with van der Waals surface area (Å²) in [6, 6.07) is 6.38. The summed E-state index contributed by atoms with van der Waals surface area (Å²) in [5.41, 5.74) is 3.59. The number of benzene rings is 1. The molecule has 2 rings (SSSR count). The van der Waals surface area contributed by atoms with Gasteiger partial charge in [0.2, 0.25) is 0 Å². The molecule has 0 radical (unpaired) electrons. The fourth-order valence-corrected chi connectivity index (χ4v) is 4.27. The molecule has 0 saturated heterocycles. The maximum Gasteiger partial charge on any atom is 0.278 e. The third kappa shape index (κ3) is 8.03. The van der Waals surface area contributed by atoms with E-state index in [9.17, 15) is 15.2 Å². The van der Waals surface area contributed by atoms with Gasteiger partial charge in [-0.05, 0) is 90.4 Å². The van der Waals surface area contributed by atoms with Gasteiger partial charge in [0.05, 0.1) is 22.3 Å². The number of hydrogen-bond donors (Lipinski definition) is 3. The lowest BCUT2D eigenvalue weighted by molar-refractivity contribution is -0.385. The van der Waals surface area contributed by atoms with Crippen LogP contribution in [0.1, 0.15) is 71.8 Å². The Hall–Kier alpha value is -2.32. The predicted molar refractivity (Wildman–Crippen MR) is 129 cm³/mol. The minimum absolute atomic E-state index is 0.0112. The summed E-state index contributed by atoms with van der Waals surface area (Å²) in [5.74, 6) is 0.311. The molecule has 7 nitrogen and oxygen atoms in total. The molecule has 2 atom stereocenters. The molecule has 0 amide bonds. The van der Waals surface area contributed by atoms with Crippen LogP contribution in [0.5, 0.6) is 0 Å². The summed E-state index contributed by atoms with van der Waals surface area (Å²) < 4.78 is 0. The van der Waals surface area contributed by atoms with Gasteiger partial charge >= 0.3 is 0 Å². The van der Waals surface area contributed by atoms with Gasteiger partial charge in [-0.25, -0.2) is 0 Å². The van der Waals surface area contributed by atoms with Crippen molar-refractivity contribution in [1.29, 1.82) is 0 Å². The molecule has 0 spiro atoms. The van der Waals surface area contributed by atoms with Gasteiger partial charge in [0.15, 0.2) is 5.11 Å². The Morgan fingerprint density at radius 2 is 2.06 bits per heavy atom. The highest BCUT2D eigenvalue weighted by molar-refractivity contribution is 7.80. The highest BCUT2D eigenvalue weighted by atomic mass is 32.1. The van der Waals surface area contributed by atoms with Crippen LogP contribution in [0.4, 0.5) is 5.69 Å². The number of aliphatic hydroxyl groups is 1. The van der Waals surface area contributed by atoms with E-state index in [1.54, 1.807) is 18.2 Å². The minimum atomic E-state index is -0.666. The Morgan fingerprint density at radius 3 is 2.71 bits per heavy atom. The predicted octanol–water partition coefficient (Wildman–Crippen LogP) is 4.84. The monoisotopic (exact) mass is 446 g/mol. The van der Waals surface area contributed by atoms with Crippen LogP contribution in [-0.4, -0.2) is 32.5 Å². The second kappa shape index (κ2) is 10.8. The van der Waals surface area contributed by atoms with Crippen molar-refractivity contribution in [1.82, 2.24) is 10.7 Å². The molecule has 1 aliphatic rings. The summed E-state index contributed by atoms with van der Waals surface area (Å²) in [6.07, 6.45) is 9.15. The molecular formula is C23H34N4O3S. The summed E-state index contributed by atoms with van der Waals surface area (Å²) in [7, 11) is 0. The Morgan fingerprint density at radius 1 is 1.35 bits per heavy atom. The van der Waals surface area contributed by atoms with Gasteiger partial charge in [-0.3, -0.25) is 15.5 Å². The van der Waals surface area contributed by atoms with E-state index in [2.05, 4.69) is 28.8 Å². The topological polar surface area (TPSA) is 99.8 Å². The van der Waals surface area contributed by atoms with E-state index in [1.807, 2.05) is 20.8 Å². The zero-order chi connectivity index (χ0) is 23.1. The average molecular weight is 447 g/mol. The standard InChI is InChI=1S/C23H34N4O3S/c1-17-10-12-19(13-11-17)23(4,28)15-7-14-22(2,3)25-21(31)26-24-16-18-8-5-6-9-20(18)27(29)30/h5-6,8-10,16,19,28H,7,11-15H2,1-4H3,(H2,25,26,31)/b24-16-/t19-,23+/m1/s1. The fraction of sp³-hybridized carbons (Fsp3) is 0.565. The molecule has 1 aromatic rings. The van der Waals surface area contributed by atoms with E-state index in [0.717, 1.165) is 38.5 Å². The number of hydrazone groups is 1. The molecule has 3 N–H and O–H groups in total. The number of nitro groups is 1. The first-order valence-electron chi connectivity index (χ1n) is 10.7. The molecule has 0 aromatic heterocycles. The molecule has 0 saturated carbocycles. The second-order valence-electron chi connectivity index (χ2n) is 9.26. The van der Waals surface area contributed by atoms with Gasteiger partial charge in [0.1, 0.15) is 0 Å². The lowest BCUT2D eigenvalue weighted by Gasteiger charge is -2.36. The number of hydrogen-bond acceptors (Lipinski definition) is 5. The van der Waals surface area contributed by atoms with Crippen LogP contribution < -0.4 is 10.7 Å². The number of nitrogens with zero attached hydrogens (tertiary/aromatic N) is 2. The Kier molecular flexibility index (Phi) is 8.70. The van der Waals surface area contributed by atoms with Gasteiger partial charge < -0.3 is 10.4 Å². The van der Waals surface area contributed by atoms with Crippen LogP contribution in [0.25, 0.3) is 0 Å². The number of nitrogens with one attached hydrogen (secondary N) is 2. The molecule has 0 heterocycles. The molecular weight excluding hydrogens is 412 g/mol. The molecule has 0 bridgehead atoms. The van der Waals surface area contributed by atoms with Crippen molar-refractivity contribution < 1.29 is 10.0 Å². The van der Waals surface area contributed by atoms with Gasteiger partial charge in [0, 0.05) is 11.6 Å². The zero-order valence-electron chi connectivity index (χ0n) is 18.9. The van der Waals surface area contributed by atoms with E-state index in [1.165, 1.54) is 17.9 Å². The van der Waals surface area contributed by atoms with Gasteiger partial charge in [-0.2, -0.15) is 5.10 Å². The number of para-hydroxylation sites is 1. The van der Waals surface area contributed by atoms with E-state index in [0.29, 0.717) is 16.6 Å². The van der Waals surface area contributed by atoms with Crippen molar-refractivity contribution in [3.05, 3.63) is 51.6 Å². The first kappa shape index (κ1) is 24.9. The number of nitro benzene ring substituents is 1. The van der Waals surface area contributed by atoms with Crippen molar-refractivity contribution in [2.75, 3.05) is 0 Å². The van der Waals surface area contributed by atoms with E-state index >= 15 is 0 Å². The largest absolute Gasteiger partial charge is 0.390 e. The van der Waals surface area contributed by atoms with E-state index in [4.69, 9.17) is 12.2 Å². The van der Waals surface area contributed by atoms with E-state index in [-0.39, 0.29) is 11.2 Å².